The number of aryl methyl sites for hydroxylation is 2. The molecule has 0 aliphatic rings. The molecule has 2 rings (SSSR count). The first-order valence-corrected chi connectivity index (χ1v) is 18.4. The molecule has 1 aromatic heterocycles. The molecule has 41 heavy (non-hydrogen) atoms. The SMILES string of the molecule is CCCCCCCCCCCCCCc1cc[n+](Cc2ccccc2)cc1CCCCCCCCCCCCCC. The molecule has 0 unspecified atom stereocenters. The van der Waals surface area contributed by atoms with E-state index in [2.05, 4.69) is 67.2 Å². The second-order valence-corrected chi connectivity index (χ2v) is 12.9. The molecule has 0 aliphatic heterocycles. The summed E-state index contributed by atoms with van der Waals surface area (Å²) in [5, 5.41) is 0. The zero-order chi connectivity index (χ0) is 29.1. The van der Waals surface area contributed by atoms with Crippen molar-refractivity contribution in [2.45, 2.75) is 187 Å². The summed E-state index contributed by atoms with van der Waals surface area (Å²) in [5.74, 6) is 0. The Morgan fingerprint density at radius 2 is 0.805 bits per heavy atom. The molecule has 2 aromatic rings. The summed E-state index contributed by atoms with van der Waals surface area (Å²) < 4.78 is 2.41. The second kappa shape index (κ2) is 26.0. The first kappa shape index (κ1) is 35.6. The smallest absolute Gasteiger partial charge is 0.173 e. The summed E-state index contributed by atoms with van der Waals surface area (Å²) >= 11 is 0. The van der Waals surface area contributed by atoms with Crippen LogP contribution in [0.2, 0.25) is 0 Å². The number of hydrogen-bond donors (Lipinski definition) is 0. The minimum absolute atomic E-state index is 0.977. The number of aromatic nitrogens is 1. The van der Waals surface area contributed by atoms with Gasteiger partial charge in [0.2, 0.25) is 0 Å². The highest BCUT2D eigenvalue weighted by molar-refractivity contribution is 5.22. The van der Waals surface area contributed by atoms with Crippen LogP contribution in [0.15, 0.2) is 48.8 Å². The lowest BCUT2D eigenvalue weighted by Gasteiger charge is -2.10. The zero-order valence-corrected chi connectivity index (χ0v) is 27.7. The van der Waals surface area contributed by atoms with Crippen molar-refractivity contribution < 1.29 is 4.57 Å². The topological polar surface area (TPSA) is 3.88 Å². The lowest BCUT2D eigenvalue weighted by atomic mass is 9.97. The molecule has 0 bridgehead atoms. The minimum atomic E-state index is 0.977. The summed E-state index contributed by atoms with van der Waals surface area (Å²) in [6, 6.07) is 13.4. The Hall–Kier alpha value is -1.63. The molecule has 0 N–H and O–H groups in total. The van der Waals surface area contributed by atoms with Crippen LogP contribution >= 0.6 is 0 Å². The van der Waals surface area contributed by atoms with Crippen LogP contribution < -0.4 is 4.57 Å². The third-order valence-corrected chi connectivity index (χ3v) is 9.01. The Balaban J connectivity index is 1.66. The van der Waals surface area contributed by atoms with E-state index in [1.807, 2.05) is 0 Å². The molecule has 232 valence electrons. The van der Waals surface area contributed by atoms with Gasteiger partial charge in [-0.1, -0.05) is 185 Å². The predicted molar refractivity (Wildman–Crippen MR) is 182 cm³/mol. The fraction of sp³-hybridized carbons (Fsp3) is 0.725. The fourth-order valence-electron chi connectivity index (χ4n) is 6.29. The van der Waals surface area contributed by atoms with Crippen molar-refractivity contribution >= 4 is 0 Å². The monoisotopic (exact) mass is 563 g/mol. The van der Waals surface area contributed by atoms with Gasteiger partial charge in [0, 0.05) is 17.2 Å². The Morgan fingerprint density at radius 3 is 1.24 bits per heavy atom. The van der Waals surface area contributed by atoms with E-state index in [-0.39, 0.29) is 0 Å². The molecule has 0 amide bonds. The van der Waals surface area contributed by atoms with Crippen molar-refractivity contribution in [3.05, 3.63) is 65.5 Å². The molecule has 0 fully saturated rings. The maximum atomic E-state index is 2.47. The van der Waals surface area contributed by atoms with Crippen LogP contribution in [0.1, 0.15) is 185 Å². The number of hydrogen-bond acceptors (Lipinski definition) is 0. The summed E-state index contributed by atoms with van der Waals surface area (Å²) in [6.45, 7) is 5.59. The molecular weight excluding hydrogens is 494 g/mol. The Kier molecular flexibility index (Phi) is 22.6. The molecular formula is C40H68N+. The summed E-state index contributed by atoms with van der Waals surface area (Å²) in [4.78, 5) is 0. The van der Waals surface area contributed by atoms with Crippen molar-refractivity contribution in [3.8, 4) is 0 Å². The van der Waals surface area contributed by atoms with E-state index in [1.165, 1.54) is 173 Å². The van der Waals surface area contributed by atoms with Gasteiger partial charge in [-0.2, -0.15) is 0 Å². The van der Waals surface area contributed by atoms with E-state index in [0.717, 1.165) is 6.54 Å². The van der Waals surface area contributed by atoms with Gasteiger partial charge in [-0.05, 0) is 31.2 Å². The molecule has 0 radical (unpaired) electrons. The lowest BCUT2D eigenvalue weighted by molar-refractivity contribution is -0.688. The second-order valence-electron chi connectivity index (χ2n) is 12.9. The predicted octanol–water partition coefficient (Wildman–Crippen LogP) is 12.5. The normalized spacial score (nSPS) is 11.4. The number of nitrogens with zero attached hydrogens (tertiary/aromatic N) is 1. The Morgan fingerprint density at radius 1 is 0.415 bits per heavy atom. The highest BCUT2D eigenvalue weighted by atomic mass is 14.9. The van der Waals surface area contributed by atoms with Crippen molar-refractivity contribution in [2.24, 2.45) is 0 Å². The molecule has 0 spiro atoms. The highest BCUT2D eigenvalue weighted by Crippen LogP contribution is 2.18. The standard InChI is InChI=1S/C40H68N/c1-3-5-7-9-11-13-15-17-19-21-23-28-32-39-34-35-41(36-38-30-26-25-27-31-38)37-40(39)33-29-24-22-20-18-16-14-12-10-8-6-4-2/h25-27,30-31,34-35,37H,3-24,28-29,32-33,36H2,1-2H3/q+1. The third kappa shape index (κ3) is 19.2. The maximum absolute atomic E-state index is 2.47. The average molecular weight is 563 g/mol. The third-order valence-electron chi connectivity index (χ3n) is 9.01. The van der Waals surface area contributed by atoms with E-state index in [9.17, 15) is 0 Å². The molecule has 0 atom stereocenters. The number of unbranched alkanes of at least 4 members (excludes halogenated alkanes) is 22. The maximum Gasteiger partial charge on any atom is 0.173 e. The van der Waals surface area contributed by atoms with E-state index in [1.54, 1.807) is 11.1 Å². The van der Waals surface area contributed by atoms with Crippen molar-refractivity contribution in [1.82, 2.24) is 0 Å². The van der Waals surface area contributed by atoms with Crippen molar-refractivity contribution in [3.63, 3.8) is 0 Å². The Labute approximate surface area is 257 Å². The van der Waals surface area contributed by atoms with Crippen LogP contribution in [0.25, 0.3) is 0 Å². The summed E-state index contributed by atoms with van der Waals surface area (Å²) in [6.07, 6.45) is 41.5. The van der Waals surface area contributed by atoms with Gasteiger partial charge in [0.15, 0.2) is 18.9 Å². The highest BCUT2D eigenvalue weighted by Gasteiger charge is 2.10. The van der Waals surface area contributed by atoms with E-state index >= 15 is 0 Å². The van der Waals surface area contributed by atoms with Crippen LogP contribution in [0.3, 0.4) is 0 Å². The van der Waals surface area contributed by atoms with Gasteiger partial charge in [0.25, 0.3) is 0 Å². The summed E-state index contributed by atoms with van der Waals surface area (Å²) in [5.41, 5.74) is 4.62. The van der Waals surface area contributed by atoms with Crippen LogP contribution in [-0.2, 0) is 19.4 Å². The lowest BCUT2D eigenvalue weighted by Crippen LogP contribution is -2.34. The van der Waals surface area contributed by atoms with Gasteiger partial charge in [-0.25, -0.2) is 4.57 Å². The number of pyridine rings is 1. The number of benzene rings is 1. The van der Waals surface area contributed by atoms with Crippen LogP contribution in [0, 0.1) is 0 Å². The quantitative estimate of drug-likeness (QED) is 0.0717. The van der Waals surface area contributed by atoms with Crippen LogP contribution in [-0.4, -0.2) is 0 Å². The first-order chi connectivity index (χ1) is 20.3. The fourth-order valence-corrected chi connectivity index (χ4v) is 6.29. The van der Waals surface area contributed by atoms with Gasteiger partial charge in [-0.15, -0.1) is 0 Å². The summed E-state index contributed by atoms with van der Waals surface area (Å²) in [7, 11) is 0. The molecule has 1 aromatic carbocycles. The zero-order valence-electron chi connectivity index (χ0n) is 27.7. The van der Waals surface area contributed by atoms with E-state index in [4.69, 9.17) is 0 Å². The Bertz CT molecular complexity index is 826. The van der Waals surface area contributed by atoms with Gasteiger partial charge in [-0.3, -0.25) is 0 Å². The molecule has 1 heteroatoms. The minimum Gasteiger partial charge on any atom is -0.200 e. The molecule has 1 nitrogen and oxygen atoms in total. The van der Waals surface area contributed by atoms with Gasteiger partial charge >= 0.3 is 0 Å². The van der Waals surface area contributed by atoms with Crippen LogP contribution in [0.5, 0.6) is 0 Å². The number of rotatable bonds is 28. The van der Waals surface area contributed by atoms with Crippen molar-refractivity contribution in [2.75, 3.05) is 0 Å². The van der Waals surface area contributed by atoms with E-state index in [0.29, 0.717) is 0 Å². The molecule has 0 aliphatic carbocycles. The van der Waals surface area contributed by atoms with Crippen molar-refractivity contribution in [1.29, 1.82) is 0 Å². The average Bonchev–Trinajstić information content (AvgIpc) is 2.99. The largest absolute Gasteiger partial charge is 0.200 e. The molecule has 1 heterocycles. The van der Waals surface area contributed by atoms with Crippen LogP contribution in [0.4, 0.5) is 0 Å². The first-order valence-electron chi connectivity index (χ1n) is 18.4. The van der Waals surface area contributed by atoms with Gasteiger partial charge in [0.05, 0.1) is 0 Å². The molecule has 0 saturated heterocycles. The van der Waals surface area contributed by atoms with Gasteiger partial charge in [0.1, 0.15) is 0 Å². The van der Waals surface area contributed by atoms with E-state index < -0.39 is 0 Å². The molecule has 0 saturated carbocycles. The van der Waals surface area contributed by atoms with Gasteiger partial charge < -0.3 is 0 Å².